The second-order valence-corrected chi connectivity index (χ2v) is 9.55. The minimum Gasteiger partial charge on any atom is -0.487 e. The quantitative estimate of drug-likeness (QED) is 0.267. The summed E-state index contributed by atoms with van der Waals surface area (Å²) in [5.74, 6) is -0.0911. The number of carbonyl (C=O) groups excluding carboxylic acids is 2. The zero-order valence-electron chi connectivity index (χ0n) is 19.6. The van der Waals surface area contributed by atoms with Gasteiger partial charge in [-0.15, -0.1) is 0 Å². The van der Waals surface area contributed by atoms with Crippen LogP contribution in [0.3, 0.4) is 0 Å². The number of thiophene rings is 1. The van der Waals surface area contributed by atoms with E-state index >= 15 is 0 Å². The lowest BCUT2D eigenvalue weighted by molar-refractivity contribution is -0.122. The number of amides is 2. The van der Waals surface area contributed by atoms with Crippen LogP contribution in [0.25, 0.3) is 17.0 Å². The first kappa shape index (κ1) is 25.7. The maximum atomic E-state index is 12.7. The van der Waals surface area contributed by atoms with Crippen LogP contribution in [0.4, 0.5) is 5.69 Å². The second-order valence-electron chi connectivity index (χ2n) is 7.99. The zero-order chi connectivity index (χ0) is 25.7. The Balaban J connectivity index is 1.44. The molecule has 2 amide bonds. The lowest BCUT2D eigenvalue weighted by Crippen LogP contribution is -2.37. The van der Waals surface area contributed by atoms with Crippen molar-refractivity contribution in [2.45, 2.75) is 13.5 Å². The number of aryl methyl sites for hydroxylation is 1. The number of ether oxygens (including phenoxy) is 1. The lowest BCUT2D eigenvalue weighted by atomic mass is 10.1. The highest BCUT2D eigenvalue weighted by Gasteiger charge is 2.19. The van der Waals surface area contributed by atoms with Gasteiger partial charge in [-0.3, -0.25) is 9.59 Å². The molecular formula is C27H23Cl2N3O3S. The number of anilines is 1. The summed E-state index contributed by atoms with van der Waals surface area (Å²) in [6.45, 7) is 1.82. The van der Waals surface area contributed by atoms with E-state index in [4.69, 9.17) is 27.9 Å². The Hall–Kier alpha value is -3.39. The van der Waals surface area contributed by atoms with Crippen LogP contribution in [-0.2, 0) is 16.2 Å². The molecule has 0 radical (unpaired) electrons. The molecule has 4 rings (SSSR count). The van der Waals surface area contributed by atoms with Gasteiger partial charge in [0.05, 0.1) is 17.3 Å². The minimum atomic E-state index is -0.363. The molecular weight excluding hydrogens is 517 g/mol. The van der Waals surface area contributed by atoms with Crippen LogP contribution < -0.4 is 15.0 Å². The van der Waals surface area contributed by atoms with E-state index in [0.29, 0.717) is 27.0 Å². The molecule has 0 bridgehead atoms. The lowest BCUT2D eigenvalue weighted by Gasteiger charge is -2.21. The van der Waals surface area contributed by atoms with E-state index in [1.165, 1.54) is 22.3 Å². The van der Waals surface area contributed by atoms with E-state index in [1.54, 1.807) is 25.3 Å². The molecule has 184 valence electrons. The molecule has 0 atom stereocenters. The van der Waals surface area contributed by atoms with Gasteiger partial charge in [-0.1, -0.05) is 41.4 Å². The SMILES string of the molecule is Cc1ccc2cccc(OCc3c(Cl)ccc(N(C)C(=O)CNC(=O)C=Cc4ccsc4)c3Cl)c2n1. The molecule has 6 nitrogen and oxygen atoms in total. The third-order valence-corrected chi connectivity index (χ3v) is 6.96. The van der Waals surface area contributed by atoms with Crippen LogP contribution in [0, 0.1) is 6.92 Å². The molecule has 2 heterocycles. The number of hydrogen-bond donors (Lipinski definition) is 1. The van der Waals surface area contributed by atoms with Crippen molar-refractivity contribution < 1.29 is 14.3 Å². The summed E-state index contributed by atoms with van der Waals surface area (Å²) in [5, 5.41) is 8.11. The van der Waals surface area contributed by atoms with Gasteiger partial charge in [0.15, 0.2) is 0 Å². The van der Waals surface area contributed by atoms with Gasteiger partial charge in [0.2, 0.25) is 11.8 Å². The standard InChI is InChI=1S/C27H23Cl2N3O3S/c1-17-6-8-19-4-3-5-23(27(19)31-17)35-15-20-21(28)9-10-22(26(20)29)32(2)25(34)14-30-24(33)11-7-18-12-13-36-16-18/h3-13,16H,14-15H2,1-2H3,(H,30,33). The van der Waals surface area contributed by atoms with Gasteiger partial charge in [-0.05, 0) is 59.7 Å². The number of hydrogen-bond acceptors (Lipinski definition) is 5. The fraction of sp³-hybridized carbons (Fsp3) is 0.148. The molecule has 0 aliphatic carbocycles. The summed E-state index contributed by atoms with van der Waals surface area (Å²) in [6.07, 6.45) is 3.08. The molecule has 1 N–H and O–H groups in total. The van der Waals surface area contributed by atoms with E-state index in [2.05, 4.69) is 10.3 Å². The summed E-state index contributed by atoms with van der Waals surface area (Å²) in [5.41, 5.74) is 3.56. The first-order chi connectivity index (χ1) is 17.3. The van der Waals surface area contributed by atoms with Crippen molar-refractivity contribution in [3.8, 4) is 5.75 Å². The molecule has 0 saturated carbocycles. The Morgan fingerprint density at radius 3 is 2.75 bits per heavy atom. The number of para-hydroxylation sites is 1. The van der Waals surface area contributed by atoms with Gasteiger partial charge in [0.1, 0.15) is 17.9 Å². The first-order valence-corrected chi connectivity index (χ1v) is 12.7. The van der Waals surface area contributed by atoms with E-state index in [1.807, 2.05) is 54.1 Å². The number of fused-ring (bicyclic) bond motifs is 1. The number of carbonyl (C=O) groups is 2. The third kappa shape index (κ3) is 6.05. The Morgan fingerprint density at radius 2 is 1.97 bits per heavy atom. The average Bonchev–Trinajstić information content (AvgIpc) is 3.39. The van der Waals surface area contributed by atoms with E-state index < -0.39 is 0 Å². The van der Waals surface area contributed by atoms with Gasteiger partial charge >= 0.3 is 0 Å². The number of rotatable bonds is 8. The molecule has 0 fully saturated rings. The summed E-state index contributed by atoms with van der Waals surface area (Å²) in [7, 11) is 1.59. The van der Waals surface area contributed by atoms with Gasteiger partial charge in [-0.2, -0.15) is 11.3 Å². The van der Waals surface area contributed by atoms with Crippen LogP contribution in [0.5, 0.6) is 5.75 Å². The van der Waals surface area contributed by atoms with Gasteiger partial charge in [0.25, 0.3) is 0 Å². The Morgan fingerprint density at radius 1 is 1.14 bits per heavy atom. The number of likely N-dealkylation sites (N-methyl/N-ethyl adjacent to an activating group) is 1. The van der Waals surface area contributed by atoms with Crippen molar-refractivity contribution in [2.75, 3.05) is 18.5 Å². The largest absolute Gasteiger partial charge is 0.487 e. The summed E-state index contributed by atoms with van der Waals surface area (Å²) in [4.78, 5) is 30.8. The highest BCUT2D eigenvalue weighted by molar-refractivity contribution is 7.08. The Labute approximate surface area is 223 Å². The maximum absolute atomic E-state index is 12.7. The number of halogens is 2. The van der Waals surface area contributed by atoms with Gasteiger partial charge in [0, 0.05) is 34.8 Å². The molecule has 2 aromatic carbocycles. The number of nitrogens with one attached hydrogen (secondary N) is 1. The number of aromatic nitrogens is 1. The number of nitrogens with zero attached hydrogens (tertiary/aromatic N) is 2. The van der Waals surface area contributed by atoms with Crippen LogP contribution in [-0.4, -0.2) is 30.4 Å². The van der Waals surface area contributed by atoms with E-state index in [0.717, 1.165) is 22.2 Å². The summed E-state index contributed by atoms with van der Waals surface area (Å²) < 4.78 is 6.05. The monoisotopic (exact) mass is 539 g/mol. The van der Waals surface area contributed by atoms with Crippen molar-refractivity contribution in [3.63, 3.8) is 0 Å². The molecule has 4 aromatic rings. The van der Waals surface area contributed by atoms with E-state index in [-0.39, 0.29) is 25.0 Å². The molecule has 2 aromatic heterocycles. The predicted molar refractivity (Wildman–Crippen MR) is 147 cm³/mol. The van der Waals surface area contributed by atoms with Gasteiger partial charge < -0.3 is 15.0 Å². The van der Waals surface area contributed by atoms with Crippen LogP contribution in [0.1, 0.15) is 16.8 Å². The minimum absolute atomic E-state index is 0.0897. The topological polar surface area (TPSA) is 71.5 Å². The molecule has 9 heteroatoms. The zero-order valence-corrected chi connectivity index (χ0v) is 22.0. The fourth-order valence-corrected chi connectivity index (χ4v) is 4.71. The van der Waals surface area contributed by atoms with Crippen LogP contribution in [0.15, 0.2) is 65.4 Å². The smallest absolute Gasteiger partial charge is 0.246 e. The third-order valence-electron chi connectivity index (χ3n) is 5.48. The van der Waals surface area contributed by atoms with Crippen LogP contribution in [0.2, 0.25) is 10.0 Å². The molecule has 0 spiro atoms. The average molecular weight is 540 g/mol. The van der Waals surface area contributed by atoms with Crippen molar-refractivity contribution in [2.24, 2.45) is 0 Å². The van der Waals surface area contributed by atoms with Crippen molar-refractivity contribution in [1.82, 2.24) is 10.3 Å². The highest BCUT2D eigenvalue weighted by atomic mass is 35.5. The van der Waals surface area contributed by atoms with Crippen molar-refractivity contribution in [3.05, 3.63) is 92.2 Å². The van der Waals surface area contributed by atoms with E-state index in [9.17, 15) is 9.59 Å². The second kappa shape index (κ2) is 11.6. The molecule has 0 aliphatic rings. The molecule has 0 saturated heterocycles. The Kier molecular flexibility index (Phi) is 8.25. The molecule has 0 aliphatic heterocycles. The number of pyridine rings is 1. The number of benzene rings is 2. The van der Waals surface area contributed by atoms with Gasteiger partial charge in [-0.25, -0.2) is 4.98 Å². The molecule has 36 heavy (non-hydrogen) atoms. The summed E-state index contributed by atoms with van der Waals surface area (Å²) >= 11 is 14.6. The molecule has 0 unspecified atom stereocenters. The Bertz CT molecular complexity index is 1440. The van der Waals surface area contributed by atoms with Crippen molar-refractivity contribution >= 4 is 69.0 Å². The highest BCUT2D eigenvalue weighted by Crippen LogP contribution is 2.35. The first-order valence-electron chi connectivity index (χ1n) is 11.0. The normalized spacial score (nSPS) is 11.1. The van der Waals surface area contributed by atoms with Crippen molar-refractivity contribution in [1.29, 1.82) is 0 Å². The summed E-state index contributed by atoms with van der Waals surface area (Å²) in [6, 6.07) is 14.9. The fourth-order valence-electron chi connectivity index (χ4n) is 3.48. The maximum Gasteiger partial charge on any atom is 0.246 e. The predicted octanol–water partition coefficient (Wildman–Crippen LogP) is 6.28. The van der Waals surface area contributed by atoms with Crippen LogP contribution >= 0.6 is 34.5 Å².